The van der Waals surface area contributed by atoms with Gasteiger partial charge in [-0.25, -0.2) is 0 Å². The lowest BCUT2D eigenvalue weighted by Crippen LogP contribution is -2.48. The number of carboxylic acids is 1. The van der Waals surface area contributed by atoms with Gasteiger partial charge in [-0.1, -0.05) is 46.7 Å². The predicted molar refractivity (Wildman–Crippen MR) is 67.6 cm³/mol. The van der Waals surface area contributed by atoms with E-state index in [9.17, 15) is 9.90 Å². The van der Waals surface area contributed by atoms with Crippen LogP contribution in [0, 0.1) is 16.2 Å². The SMILES string of the molecule is CC(C)(C)CC(CN=[N+]=[N-])(C(=O)O)C(C)(C)C. The van der Waals surface area contributed by atoms with Gasteiger partial charge in [0.2, 0.25) is 0 Å². The Bertz CT molecular complexity index is 333. The van der Waals surface area contributed by atoms with Crippen molar-refractivity contribution in [1.82, 2.24) is 0 Å². The van der Waals surface area contributed by atoms with Crippen molar-refractivity contribution < 1.29 is 9.90 Å². The molecule has 0 saturated heterocycles. The molecule has 0 aromatic heterocycles. The molecule has 0 aliphatic carbocycles. The maximum atomic E-state index is 11.7. The molecule has 5 heteroatoms. The van der Waals surface area contributed by atoms with Crippen molar-refractivity contribution in [3.63, 3.8) is 0 Å². The van der Waals surface area contributed by atoms with Crippen molar-refractivity contribution in [3.05, 3.63) is 10.4 Å². The molecule has 17 heavy (non-hydrogen) atoms. The molecule has 1 N–H and O–H groups in total. The smallest absolute Gasteiger partial charge is 0.310 e. The van der Waals surface area contributed by atoms with Crippen LogP contribution in [0.15, 0.2) is 5.11 Å². The molecular formula is C12H23N3O2. The Morgan fingerprint density at radius 3 is 1.94 bits per heavy atom. The molecule has 0 heterocycles. The van der Waals surface area contributed by atoms with E-state index >= 15 is 0 Å². The van der Waals surface area contributed by atoms with Crippen LogP contribution in [-0.4, -0.2) is 17.6 Å². The summed E-state index contributed by atoms with van der Waals surface area (Å²) in [7, 11) is 0. The molecule has 0 amide bonds. The molecule has 0 aromatic rings. The third-order valence-electron chi connectivity index (χ3n) is 3.08. The monoisotopic (exact) mass is 241 g/mol. The molecule has 0 aromatic carbocycles. The minimum absolute atomic E-state index is 0.0143. The molecule has 0 fully saturated rings. The molecular weight excluding hydrogens is 218 g/mol. The fourth-order valence-electron chi connectivity index (χ4n) is 2.08. The quantitative estimate of drug-likeness (QED) is 0.460. The summed E-state index contributed by atoms with van der Waals surface area (Å²) in [4.78, 5) is 14.4. The lowest BCUT2D eigenvalue weighted by atomic mass is 9.60. The Balaban J connectivity index is 5.57. The number of carbonyl (C=O) groups is 1. The Morgan fingerprint density at radius 1 is 1.24 bits per heavy atom. The Kier molecular flexibility index (Phi) is 4.61. The van der Waals surface area contributed by atoms with Gasteiger partial charge in [0.05, 0.1) is 5.41 Å². The van der Waals surface area contributed by atoms with E-state index in [-0.39, 0.29) is 12.0 Å². The summed E-state index contributed by atoms with van der Waals surface area (Å²) < 4.78 is 0. The van der Waals surface area contributed by atoms with Gasteiger partial charge in [-0.15, -0.1) is 0 Å². The average Bonchev–Trinajstić information content (AvgIpc) is 2.07. The molecule has 0 aliphatic rings. The van der Waals surface area contributed by atoms with Crippen LogP contribution in [0.2, 0.25) is 0 Å². The topological polar surface area (TPSA) is 86.1 Å². The van der Waals surface area contributed by atoms with E-state index in [2.05, 4.69) is 10.0 Å². The van der Waals surface area contributed by atoms with Gasteiger partial charge in [-0.05, 0) is 22.8 Å². The number of carboxylic acid groups (broad SMARTS) is 1. The predicted octanol–water partition coefficient (Wildman–Crippen LogP) is 3.85. The summed E-state index contributed by atoms with van der Waals surface area (Å²) in [5.41, 5.74) is 6.80. The lowest BCUT2D eigenvalue weighted by Gasteiger charge is -2.44. The minimum atomic E-state index is -1.03. The summed E-state index contributed by atoms with van der Waals surface area (Å²) in [6.07, 6.45) is 0.470. The van der Waals surface area contributed by atoms with Crippen LogP contribution in [0.5, 0.6) is 0 Å². The van der Waals surface area contributed by atoms with Crippen molar-refractivity contribution in [1.29, 1.82) is 0 Å². The standard InChI is InChI=1S/C12H23N3O2/c1-10(2,3)7-12(9(16)17,8-14-15-13)11(4,5)6/h7-8H2,1-6H3,(H,16,17). The molecule has 0 rings (SSSR count). The van der Waals surface area contributed by atoms with Crippen LogP contribution >= 0.6 is 0 Å². The summed E-state index contributed by atoms with van der Waals surface area (Å²) in [6, 6.07) is 0. The van der Waals surface area contributed by atoms with Crippen LogP contribution in [0.3, 0.4) is 0 Å². The van der Waals surface area contributed by atoms with Crippen LogP contribution < -0.4 is 0 Å². The third kappa shape index (κ3) is 3.93. The van der Waals surface area contributed by atoms with Gasteiger partial charge in [0.15, 0.2) is 0 Å². The van der Waals surface area contributed by atoms with E-state index in [1.54, 1.807) is 0 Å². The van der Waals surface area contributed by atoms with Crippen LogP contribution in [0.4, 0.5) is 0 Å². The minimum Gasteiger partial charge on any atom is -0.481 e. The zero-order valence-electron chi connectivity index (χ0n) is 11.6. The van der Waals surface area contributed by atoms with Gasteiger partial charge in [-0.3, -0.25) is 4.79 Å². The lowest BCUT2D eigenvalue weighted by molar-refractivity contribution is -0.158. The van der Waals surface area contributed by atoms with E-state index < -0.39 is 16.8 Å². The molecule has 0 spiro atoms. The molecule has 5 nitrogen and oxygen atoms in total. The zero-order valence-corrected chi connectivity index (χ0v) is 11.6. The van der Waals surface area contributed by atoms with E-state index in [1.807, 2.05) is 41.5 Å². The fraction of sp³-hybridized carbons (Fsp3) is 0.917. The normalized spacial score (nSPS) is 15.9. The van der Waals surface area contributed by atoms with E-state index in [0.717, 1.165) is 0 Å². The fourth-order valence-corrected chi connectivity index (χ4v) is 2.08. The highest BCUT2D eigenvalue weighted by atomic mass is 16.4. The van der Waals surface area contributed by atoms with Gasteiger partial charge in [-0.2, -0.15) is 0 Å². The number of rotatable bonds is 4. The first-order valence-electron chi connectivity index (χ1n) is 5.70. The molecule has 0 saturated carbocycles. The third-order valence-corrected chi connectivity index (χ3v) is 3.08. The zero-order chi connectivity index (χ0) is 13.9. The summed E-state index contributed by atoms with van der Waals surface area (Å²) in [5.74, 6) is -0.896. The Hall–Kier alpha value is -1.22. The van der Waals surface area contributed by atoms with E-state index in [1.165, 1.54) is 0 Å². The maximum Gasteiger partial charge on any atom is 0.310 e. The highest BCUT2D eigenvalue weighted by Crippen LogP contribution is 2.47. The van der Waals surface area contributed by atoms with Crippen molar-refractivity contribution in [2.24, 2.45) is 21.4 Å². The molecule has 0 bridgehead atoms. The summed E-state index contributed by atoms with van der Waals surface area (Å²) in [5, 5.41) is 13.1. The summed E-state index contributed by atoms with van der Waals surface area (Å²) >= 11 is 0. The van der Waals surface area contributed by atoms with E-state index in [4.69, 9.17) is 5.53 Å². The molecule has 1 unspecified atom stereocenters. The van der Waals surface area contributed by atoms with Crippen molar-refractivity contribution >= 4 is 5.97 Å². The van der Waals surface area contributed by atoms with Gasteiger partial charge in [0.25, 0.3) is 0 Å². The molecule has 0 aliphatic heterocycles. The first-order chi connectivity index (χ1) is 7.46. The number of hydrogen-bond acceptors (Lipinski definition) is 2. The number of nitrogens with zero attached hydrogens (tertiary/aromatic N) is 3. The molecule has 1 atom stereocenters. The van der Waals surface area contributed by atoms with Crippen LogP contribution in [0.25, 0.3) is 10.4 Å². The second-order valence-electron chi connectivity index (χ2n) is 6.76. The van der Waals surface area contributed by atoms with Gasteiger partial charge >= 0.3 is 5.97 Å². The van der Waals surface area contributed by atoms with Crippen LogP contribution in [-0.2, 0) is 4.79 Å². The number of aliphatic carboxylic acids is 1. The maximum absolute atomic E-state index is 11.7. The number of azide groups is 1. The molecule has 98 valence electrons. The van der Waals surface area contributed by atoms with Crippen molar-refractivity contribution in [2.75, 3.05) is 6.54 Å². The average molecular weight is 241 g/mol. The van der Waals surface area contributed by atoms with Gasteiger partial charge < -0.3 is 5.11 Å². The van der Waals surface area contributed by atoms with E-state index in [0.29, 0.717) is 6.42 Å². The van der Waals surface area contributed by atoms with Crippen molar-refractivity contribution in [3.8, 4) is 0 Å². The van der Waals surface area contributed by atoms with Crippen molar-refractivity contribution in [2.45, 2.75) is 48.0 Å². The Labute approximate surface area is 103 Å². The highest BCUT2D eigenvalue weighted by Gasteiger charge is 2.50. The second-order valence-corrected chi connectivity index (χ2v) is 6.76. The Morgan fingerprint density at radius 2 is 1.71 bits per heavy atom. The second kappa shape index (κ2) is 4.96. The molecule has 0 radical (unpaired) electrons. The largest absolute Gasteiger partial charge is 0.481 e. The van der Waals surface area contributed by atoms with Gasteiger partial charge in [0.1, 0.15) is 0 Å². The highest BCUT2D eigenvalue weighted by molar-refractivity contribution is 5.76. The van der Waals surface area contributed by atoms with Crippen LogP contribution in [0.1, 0.15) is 48.0 Å². The first-order valence-corrected chi connectivity index (χ1v) is 5.70. The summed E-state index contributed by atoms with van der Waals surface area (Å²) in [6.45, 7) is 11.6. The first kappa shape index (κ1) is 15.8. The number of hydrogen-bond donors (Lipinski definition) is 1. The van der Waals surface area contributed by atoms with Gasteiger partial charge in [0, 0.05) is 11.5 Å².